The number of esters is 1. The van der Waals surface area contributed by atoms with Crippen molar-refractivity contribution in [3.8, 4) is 0 Å². The van der Waals surface area contributed by atoms with Crippen LogP contribution in [0.5, 0.6) is 0 Å². The average molecular weight is 276 g/mol. The van der Waals surface area contributed by atoms with E-state index in [0.29, 0.717) is 0 Å². The van der Waals surface area contributed by atoms with Gasteiger partial charge in [0.1, 0.15) is 16.8 Å². The van der Waals surface area contributed by atoms with Crippen molar-refractivity contribution in [3.05, 3.63) is 24.0 Å². The molecule has 0 aliphatic heterocycles. The van der Waals surface area contributed by atoms with Gasteiger partial charge in [-0.05, 0) is 19.1 Å². The molecule has 0 spiro atoms. The number of methoxy groups -OCH3 is 1. The molecule has 0 aromatic heterocycles. The number of rotatable bonds is 4. The van der Waals surface area contributed by atoms with Crippen LogP contribution in [-0.4, -0.2) is 27.5 Å². The van der Waals surface area contributed by atoms with Crippen molar-refractivity contribution < 1.29 is 22.3 Å². The summed E-state index contributed by atoms with van der Waals surface area (Å²) in [6, 6.07) is 2.36. The van der Waals surface area contributed by atoms with Crippen molar-refractivity contribution in [2.45, 2.75) is 17.9 Å². The number of hydrogen-bond acceptors (Lipinski definition) is 5. The van der Waals surface area contributed by atoms with Gasteiger partial charge in [-0.25, -0.2) is 12.8 Å². The molecule has 1 atom stereocenters. The van der Waals surface area contributed by atoms with Gasteiger partial charge >= 0.3 is 5.97 Å². The Morgan fingerprint density at radius 2 is 2.11 bits per heavy atom. The first-order chi connectivity index (χ1) is 8.29. The zero-order valence-electron chi connectivity index (χ0n) is 9.81. The fraction of sp³-hybridized carbons (Fsp3) is 0.300. The van der Waals surface area contributed by atoms with E-state index in [1.807, 2.05) is 4.72 Å². The van der Waals surface area contributed by atoms with Crippen LogP contribution in [0.2, 0.25) is 0 Å². The molecule has 1 unspecified atom stereocenters. The van der Waals surface area contributed by atoms with Gasteiger partial charge in [0.25, 0.3) is 0 Å². The summed E-state index contributed by atoms with van der Waals surface area (Å²) >= 11 is 0. The largest absolute Gasteiger partial charge is 0.468 e. The average Bonchev–Trinajstić information content (AvgIpc) is 2.26. The highest BCUT2D eigenvalue weighted by atomic mass is 32.2. The SMILES string of the molecule is COC(=O)C(C)NS(=O)(=O)c1c(N)cccc1F. The molecule has 0 saturated carbocycles. The highest BCUT2D eigenvalue weighted by Gasteiger charge is 2.26. The van der Waals surface area contributed by atoms with Gasteiger partial charge in [-0.15, -0.1) is 0 Å². The van der Waals surface area contributed by atoms with E-state index < -0.39 is 32.7 Å². The molecule has 0 aliphatic carbocycles. The maximum Gasteiger partial charge on any atom is 0.323 e. The van der Waals surface area contributed by atoms with Gasteiger partial charge in [0.05, 0.1) is 12.8 Å². The molecule has 1 rings (SSSR count). The summed E-state index contributed by atoms with van der Waals surface area (Å²) in [7, 11) is -3.11. The smallest absolute Gasteiger partial charge is 0.323 e. The molecule has 0 bridgehead atoms. The van der Waals surface area contributed by atoms with Gasteiger partial charge in [0, 0.05) is 0 Å². The van der Waals surface area contributed by atoms with E-state index in [0.717, 1.165) is 13.2 Å². The summed E-state index contributed by atoms with van der Waals surface area (Å²) in [6.45, 7) is 1.28. The van der Waals surface area contributed by atoms with Gasteiger partial charge in [-0.2, -0.15) is 4.72 Å². The molecule has 3 N–H and O–H groups in total. The lowest BCUT2D eigenvalue weighted by Gasteiger charge is -2.13. The Bertz CT molecular complexity index is 539. The van der Waals surface area contributed by atoms with E-state index in [1.165, 1.54) is 19.1 Å². The Morgan fingerprint density at radius 1 is 1.50 bits per heavy atom. The molecular weight excluding hydrogens is 263 g/mol. The van der Waals surface area contributed by atoms with Crippen molar-refractivity contribution in [2.75, 3.05) is 12.8 Å². The monoisotopic (exact) mass is 276 g/mol. The lowest BCUT2D eigenvalue weighted by atomic mass is 10.3. The van der Waals surface area contributed by atoms with Gasteiger partial charge in [0.15, 0.2) is 0 Å². The minimum Gasteiger partial charge on any atom is -0.468 e. The zero-order chi connectivity index (χ0) is 13.9. The summed E-state index contributed by atoms with van der Waals surface area (Å²) in [5, 5.41) is 0. The van der Waals surface area contributed by atoms with Gasteiger partial charge < -0.3 is 10.5 Å². The second-order valence-electron chi connectivity index (χ2n) is 3.52. The summed E-state index contributed by atoms with van der Waals surface area (Å²) in [5.41, 5.74) is 5.18. The quantitative estimate of drug-likeness (QED) is 0.606. The van der Waals surface area contributed by atoms with Crippen LogP contribution in [0.3, 0.4) is 0 Å². The van der Waals surface area contributed by atoms with Crippen molar-refractivity contribution in [1.29, 1.82) is 0 Å². The van der Waals surface area contributed by atoms with Crippen LogP contribution in [0.1, 0.15) is 6.92 Å². The topological polar surface area (TPSA) is 98.5 Å². The number of carbonyl (C=O) groups is 1. The van der Waals surface area contributed by atoms with E-state index >= 15 is 0 Å². The van der Waals surface area contributed by atoms with E-state index in [-0.39, 0.29) is 5.69 Å². The predicted octanol–water partition coefficient (Wildman–Crippen LogP) is 0.248. The van der Waals surface area contributed by atoms with E-state index in [4.69, 9.17) is 5.73 Å². The number of nitrogen functional groups attached to an aromatic ring is 1. The Kier molecular flexibility index (Phi) is 4.25. The Morgan fingerprint density at radius 3 is 2.61 bits per heavy atom. The molecule has 6 nitrogen and oxygen atoms in total. The lowest BCUT2D eigenvalue weighted by Crippen LogP contribution is -2.39. The first kappa shape index (κ1) is 14.4. The van der Waals surface area contributed by atoms with Crippen LogP contribution < -0.4 is 10.5 Å². The molecule has 18 heavy (non-hydrogen) atoms. The van der Waals surface area contributed by atoms with Crippen LogP contribution in [0.25, 0.3) is 0 Å². The maximum atomic E-state index is 13.5. The molecule has 1 aromatic carbocycles. The first-order valence-electron chi connectivity index (χ1n) is 4.93. The first-order valence-corrected chi connectivity index (χ1v) is 6.42. The highest BCUT2D eigenvalue weighted by Crippen LogP contribution is 2.21. The van der Waals surface area contributed by atoms with Crippen LogP contribution >= 0.6 is 0 Å². The molecule has 0 amide bonds. The highest BCUT2D eigenvalue weighted by molar-refractivity contribution is 7.89. The number of anilines is 1. The summed E-state index contributed by atoms with van der Waals surface area (Å²) in [6.07, 6.45) is 0. The molecular formula is C10H13FN2O4S. The third-order valence-electron chi connectivity index (χ3n) is 2.15. The fourth-order valence-corrected chi connectivity index (χ4v) is 2.71. The Hall–Kier alpha value is -1.67. The molecule has 100 valence electrons. The lowest BCUT2D eigenvalue weighted by molar-refractivity contribution is -0.142. The van der Waals surface area contributed by atoms with E-state index in [1.54, 1.807) is 0 Å². The number of carbonyl (C=O) groups excluding carboxylic acids is 1. The van der Waals surface area contributed by atoms with Crippen LogP contribution in [-0.2, 0) is 19.6 Å². The van der Waals surface area contributed by atoms with Crippen molar-refractivity contribution in [2.24, 2.45) is 0 Å². The summed E-state index contributed by atoms with van der Waals surface area (Å²) in [5.74, 6) is -1.77. The summed E-state index contributed by atoms with van der Waals surface area (Å²) in [4.78, 5) is 10.4. The standard InChI is InChI=1S/C10H13FN2O4S/c1-6(10(14)17-2)13-18(15,16)9-7(11)4-3-5-8(9)12/h3-6,13H,12H2,1-2H3. The minimum absolute atomic E-state index is 0.237. The Balaban J connectivity index is 3.12. The minimum atomic E-state index is -4.23. The molecule has 1 aromatic rings. The van der Waals surface area contributed by atoms with Crippen LogP contribution in [0.4, 0.5) is 10.1 Å². The Labute approximate surface area is 104 Å². The molecule has 8 heteroatoms. The van der Waals surface area contributed by atoms with Gasteiger partial charge in [-0.1, -0.05) is 6.07 Å². The molecule has 0 radical (unpaired) electrons. The third kappa shape index (κ3) is 2.96. The third-order valence-corrected chi connectivity index (χ3v) is 3.78. The van der Waals surface area contributed by atoms with Gasteiger partial charge in [-0.3, -0.25) is 4.79 Å². The number of nitrogens with two attached hydrogens (primary N) is 1. The summed E-state index contributed by atoms with van der Waals surface area (Å²) < 4.78 is 43.5. The van der Waals surface area contributed by atoms with E-state index in [2.05, 4.69) is 4.74 Å². The number of nitrogens with one attached hydrogen (secondary N) is 1. The number of benzene rings is 1. The number of halogens is 1. The number of ether oxygens (including phenoxy) is 1. The van der Waals surface area contributed by atoms with Crippen LogP contribution in [0.15, 0.2) is 23.1 Å². The maximum absolute atomic E-state index is 13.5. The predicted molar refractivity (Wildman–Crippen MR) is 62.6 cm³/mol. The van der Waals surface area contributed by atoms with Crippen molar-refractivity contribution >= 4 is 21.7 Å². The van der Waals surface area contributed by atoms with E-state index in [9.17, 15) is 17.6 Å². The normalized spacial score (nSPS) is 13.1. The number of sulfonamides is 1. The molecule has 0 aliphatic rings. The number of hydrogen-bond donors (Lipinski definition) is 2. The molecule has 0 saturated heterocycles. The van der Waals surface area contributed by atoms with Crippen LogP contribution in [0, 0.1) is 5.82 Å². The fourth-order valence-electron chi connectivity index (χ4n) is 1.33. The van der Waals surface area contributed by atoms with Crippen molar-refractivity contribution in [1.82, 2.24) is 4.72 Å². The second kappa shape index (κ2) is 5.32. The second-order valence-corrected chi connectivity index (χ2v) is 5.18. The van der Waals surface area contributed by atoms with Gasteiger partial charge in [0.2, 0.25) is 10.0 Å². The molecule has 0 heterocycles. The van der Waals surface area contributed by atoms with Crippen molar-refractivity contribution in [3.63, 3.8) is 0 Å². The molecule has 0 fully saturated rings. The zero-order valence-corrected chi connectivity index (χ0v) is 10.6.